The molecule has 0 aliphatic carbocycles. The molecule has 0 radical (unpaired) electrons. The zero-order chi connectivity index (χ0) is 40.0. The van der Waals surface area contributed by atoms with Crippen LogP contribution in [0.3, 0.4) is 0 Å². The van der Waals surface area contributed by atoms with Gasteiger partial charge in [-0.25, -0.2) is 4.98 Å². The van der Waals surface area contributed by atoms with Gasteiger partial charge in [0.15, 0.2) is 11.6 Å². The van der Waals surface area contributed by atoms with Crippen LogP contribution in [0.1, 0.15) is 0 Å². The van der Waals surface area contributed by atoms with Gasteiger partial charge in [0.2, 0.25) is 5.95 Å². The fourth-order valence-electron chi connectivity index (χ4n) is 9.45. The van der Waals surface area contributed by atoms with Gasteiger partial charge in [0.25, 0.3) is 0 Å². The molecule has 0 N–H and O–H groups in total. The fourth-order valence-corrected chi connectivity index (χ4v) is 9.45. The van der Waals surface area contributed by atoms with Gasteiger partial charge in [0, 0.05) is 49.3 Å². The molecule has 0 fully saturated rings. The number of aromatic nitrogens is 5. The molecule has 61 heavy (non-hydrogen) atoms. The van der Waals surface area contributed by atoms with Crippen molar-refractivity contribution in [1.82, 2.24) is 24.1 Å². The summed E-state index contributed by atoms with van der Waals surface area (Å²) in [6, 6.07) is 70.2. The maximum atomic E-state index is 6.73. The van der Waals surface area contributed by atoms with Crippen molar-refractivity contribution in [2.24, 2.45) is 0 Å². The molecule has 6 heteroatoms. The van der Waals surface area contributed by atoms with Gasteiger partial charge in [0.05, 0.1) is 22.1 Å². The van der Waals surface area contributed by atoms with Crippen molar-refractivity contribution >= 4 is 54.4 Å². The van der Waals surface area contributed by atoms with Gasteiger partial charge in [-0.1, -0.05) is 140 Å². The van der Waals surface area contributed by atoms with Crippen molar-refractivity contribution < 1.29 is 4.74 Å². The standard InChI is InChI=1S/C55H33N5O/c1-4-15-34(16-5-1)53-56-54(35-17-6-2-7-18-35)58-55(57-53)60-45-24-12-10-21-39(45)42-31-36(27-29-47(42)60)37-28-30-49-43(32-37)44-33-48-51(41-23-14-26-50(61-49)52(41)44)40-22-11-13-25-46(40)59(48)38-19-8-3-9-20-38/h1-33H. The SMILES string of the molecule is c1ccc(-c2nc(-c3ccccc3)nc(-n3c4ccccc4c4cc(-c5ccc6c(c5)-c5cc7c(c8cccc(c58)O6)c5ccccc5n7-c5ccccc5)ccc43)n2)cc1. The Kier molecular flexibility index (Phi) is 7.21. The first-order valence-corrected chi connectivity index (χ1v) is 20.5. The first-order chi connectivity index (χ1) is 30.2. The van der Waals surface area contributed by atoms with Gasteiger partial charge in [-0.3, -0.25) is 4.57 Å². The summed E-state index contributed by atoms with van der Waals surface area (Å²) >= 11 is 0. The number of hydrogen-bond donors (Lipinski definition) is 0. The highest BCUT2D eigenvalue weighted by atomic mass is 16.5. The van der Waals surface area contributed by atoms with Gasteiger partial charge >= 0.3 is 0 Å². The maximum Gasteiger partial charge on any atom is 0.238 e. The molecule has 13 rings (SSSR count). The van der Waals surface area contributed by atoms with Crippen molar-refractivity contribution in [1.29, 1.82) is 0 Å². The summed E-state index contributed by atoms with van der Waals surface area (Å²) in [5.74, 6) is 3.55. The normalized spacial score (nSPS) is 12.1. The molecule has 12 aromatic rings. The Balaban J connectivity index is 1.00. The lowest BCUT2D eigenvalue weighted by molar-refractivity contribution is 0.487. The van der Waals surface area contributed by atoms with E-state index >= 15 is 0 Å². The average Bonchev–Trinajstić information content (AvgIpc) is 3.85. The minimum atomic E-state index is 0.573. The van der Waals surface area contributed by atoms with E-state index in [0.29, 0.717) is 17.6 Å². The lowest BCUT2D eigenvalue weighted by Gasteiger charge is -2.23. The van der Waals surface area contributed by atoms with Crippen molar-refractivity contribution in [3.63, 3.8) is 0 Å². The third-order valence-electron chi connectivity index (χ3n) is 12.2. The zero-order valence-corrected chi connectivity index (χ0v) is 32.7. The second-order valence-corrected chi connectivity index (χ2v) is 15.6. The van der Waals surface area contributed by atoms with Crippen LogP contribution < -0.4 is 4.74 Å². The van der Waals surface area contributed by atoms with Gasteiger partial charge in [0.1, 0.15) is 11.5 Å². The smallest absolute Gasteiger partial charge is 0.238 e. The van der Waals surface area contributed by atoms with Crippen molar-refractivity contribution in [3.8, 4) is 68.2 Å². The Morgan fingerprint density at radius 3 is 1.66 bits per heavy atom. The molecule has 3 aromatic heterocycles. The monoisotopic (exact) mass is 779 g/mol. The first kappa shape index (κ1) is 33.6. The van der Waals surface area contributed by atoms with Gasteiger partial charge < -0.3 is 9.30 Å². The fraction of sp³-hybridized carbons (Fsp3) is 0. The summed E-state index contributed by atoms with van der Waals surface area (Å²) in [6.45, 7) is 0. The largest absolute Gasteiger partial charge is 0.456 e. The Bertz CT molecular complexity index is 3660. The van der Waals surface area contributed by atoms with Crippen LogP contribution in [0.5, 0.6) is 11.5 Å². The van der Waals surface area contributed by atoms with Crippen LogP contribution in [0.4, 0.5) is 0 Å². The van der Waals surface area contributed by atoms with E-state index in [2.05, 4.69) is 149 Å². The van der Waals surface area contributed by atoms with Crippen LogP contribution in [0.25, 0.3) is 111 Å². The maximum absolute atomic E-state index is 6.73. The van der Waals surface area contributed by atoms with E-state index in [0.717, 1.165) is 77.8 Å². The van der Waals surface area contributed by atoms with Gasteiger partial charge in [-0.05, 0) is 82.7 Å². The van der Waals surface area contributed by atoms with E-state index < -0.39 is 0 Å². The van der Waals surface area contributed by atoms with Crippen LogP contribution in [0.2, 0.25) is 0 Å². The van der Waals surface area contributed by atoms with Crippen LogP contribution in [-0.2, 0) is 0 Å². The number of benzene rings is 9. The number of rotatable bonds is 5. The average molecular weight is 780 g/mol. The molecule has 0 bridgehead atoms. The van der Waals surface area contributed by atoms with Crippen LogP contribution >= 0.6 is 0 Å². The topological polar surface area (TPSA) is 57.8 Å². The van der Waals surface area contributed by atoms with E-state index in [1.807, 2.05) is 60.7 Å². The second kappa shape index (κ2) is 13.1. The second-order valence-electron chi connectivity index (χ2n) is 15.6. The van der Waals surface area contributed by atoms with Crippen LogP contribution in [0.15, 0.2) is 200 Å². The van der Waals surface area contributed by atoms with Crippen molar-refractivity contribution in [3.05, 3.63) is 200 Å². The molecule has 284 valence electrons. The van der Waals surface area contributed by atoms with E-state index in [-0.39, 0.29) is 0 Å². The Morgan fingerprint density at radius 1 is 0.328 bits per heavy atom. The summed E-state index contributed by atoms with van der Waals surface area (Å²) in [5, 5.41) is 7.02. The highest BCUT2D eigenvalue weighted by Gasteiger charge is 2.26. The molecule has 0 saturated carbocycles. The predicted molar refractivity (Wildman–Crippen MR) is 248 cm³/mol. The number of ether oxygens (including phenoxy) is 1. The Labute approximate surface area is 350 Å². The number of nitrogens with zero attached hydrogens (tertiary/aromatic N) is 5. The molecule has 1 aliphatic rings. The van der Waals surface area contributed by atoms with Gasteiger partial charge in [-0.2, -0.15) is 9.97 Å². The van der Waals surface area contributed by atoms with E-state index in [4.69, 9.17) is 19.7 Å². The summed E-state index contributed by atoms with van der Waals surface area (Å²) in [6.07, 6.45) is 0. The summed E-state index contributed by atoms with van der Waals surface area (Å²) in [7, 11) is 0. The molecule has 9 aromatic carbocycles. The third kappa shape index (κ3) is 5.12. The molecular weight excluding hydrogens is 747 g/mol. The lowest BCUT2D eigenvalue weighted by atomic mass is 9.90. The van der Waals surface area contributed by atoms with E-state index in [1.165, 1.54) is 27.2 Å². The highest BCUT2D eigenvalue weighted by Crippen LogP contribution is 2.51. The lowest BCUT2D eigenvalue weighted by Crippen LogP contribution is -2.06. The molecule has 0 unspecified atom stereocenters. The highest BCUT2D eigenvalue weighted by molar-refractivity contribution is 6.26. The summed E-state index contributed by atoms with van der Waals surface area (Å²) < 4.78 is 11.3. The number of fused-ring (bicyclic) bond motifs is 9. The molecular formula is C55H33N5O. The van der Waals surface area contributed by atoms with Crippen molar-refractivity contribution in [2.45, 2.75) is 0 Å². The first-order valence-electron chi connectivity index (χ1n) is 20.5. The van der Waals surface area contributed by atoms with Crippen LogP contribution in [-0.4, -0.2) is 24.1 Å². The minimum Gasteiger partial charge on any atom is -0.456 e. The van der Waals surface area contributed by atoms with Crippen LogP contribution in [0, 0.1) is 0 Å². The summed E-state index contributed by atoms with van der Waals surface area (Å²) in [5.41, 5.74) is 11.8. The minimum absolute atomic E-state index is 0.573. The quantitative estimate of drug-likeness (QED) is 0.175. The Hall–Kier alpha value is -8.35. The molecule has 0 atom stereocenters. The Morgan fingerprint density at radius 2 is 0.918 bits per heavy atom. The third-order valence-corrected chi connectivity index (χ3v) is 12.2. The van der Waals surface area contributed by atoms with Gasteiger partial charge in [-0.15, -0.1) is 0 Å². The number of hydrogen-bond acceptors (Lipinski definition) is 4. The zero-order valence-electron chi connectivity index (χ0n) is 32.7. The van der Waals surface area contributed by atoms with E-state index in [1.54, 1.807) is 0 Å². The molecule has 4 heterocycles. The summed E-state index contributed by atoms with van der Waals surface area (Å²) in [4.78, 5) is 15.2. The molecule has 0 spiro atoms. The molecule has 0 saturated heterocycles. The number of para-hydroxylation sites is 3. The molecule has 1 aliphatic heterocycles. The molecule has 6 nitrogen and oxygen atoms in total. The van der Waals surface area contributed by atoms with E-state index in [9.17, 15) is 0 Å². The predicted octanol–water partition coefficient (Wildman–Crippen LogP) is 14.0. The molecule has 0 amide bonds. The van der Waals surface area contributed by atoms with Crippen molar-refractivity contribution in [2.75, 3.05) is 0 Å².